The largest absolute Gasteiger partial charge is 0.493 e. The number of ether oxygens (including phenoxy) is 3. The van der Waals surface area contributed by atoms with E-state index in [4.69, 9.17) is 14.2 Å². The number of amides is 2. The average molecular weight is 519 g/mol. The predicted octanol–water partition coefficient (Wildman–Crippen LogP) is 5.17. The minimum atomic E-state index is -0.0562. The van der Waals surface area contributed by atoms with Gasteiger partial charge in [-0.25, -0.2) is 0 Å². The van der Waals surface area contributed by atoms with Crippen molar-refractivity contribution in [3.63, 3.8) is 0 Å². The summed E-state index contributed by atoms with van der Waals surface area (Å²) in [6, 6.07) is 9.84. The van der Waals surface area contributed by atoms with Crippen molar-refractivity contribution < 1.29 is 23.8 Å². The average Bonchev–Trinajstić information content (AvgIpc) is 3.41. The van der Waals surface area contributed by atoms with Gasteiger partial charge in [0.1, 0.15) is 0 Å². The van der Waals surface area contributed by atoms with Crippen LogP contribution in [0, 0.1) is 0 Å². The van der Waals surface area contributed by atoms with Crippen molar-refractivity contribution in [1.82, 2.24) is 9.80 Å². The minimum absolute atomic E-state index is 0.0212. The van der Waals surface area contributed by atoms with Gasteiger partial charge >= 0.3 is 0 Å². The number of nitrogens with zero attached hydrogens (tertiary/aromatic N) is 2. The Kier molecular flexibility index (Phi) is 14.0. The number of carbonyl (C=O) groups excluding carboxylic acids is 2. The topological polar surface area (TPSA) is 68.3 Å². The third-order valence-electron chi connectivity index (χ3n) is 6.14. The predicted molar refractivity (Wildman–Crippen MR) is 145 cm³/mol. The van der Waals surface area contributed by atoms with E-state index in [1.165, 1.54) is 12.8 Å². The first-order valence-corrected chi connectivity index (χ1v) is 13.7. The molecule has 0 aliphatic carbocycles. The Balaban J connectivity index is 2.07. The molecule has 0 aliphatic rings. The molecule has 2 aromatic rings. The quantitative estimate of drug-likeness (QED) is 0.255. The van der Waals surface area contributed by atoms with Crippen LogP contribution in [-0.2, 0) is 27.3 Å². The Hall–Kier alpha value is -2.58. The molecule has 0 bridgehead atoms. The zero-order chi connectivity index (χ0) is 26.2. The standard InChI is InChI=1S/C28H42N2O5S/c1-5-6-7-8-9-12-27(31)30(17-18-33-2)22-28(32)29(21-24-11-10-19-36-24)16-15-23-13-14-25(34-3)26(20-23)35-4/h10-11,13-14,19-20H,5-9,12,15-18,21-22H2,1-4H3. The Morgan fingerprint density at radius 1 is 0.889 bits per heavy atom. The van der Waals surface area contributed by atoms with Crippen molar-refractivity contribution in [2.45, 2.75) is 58.4 Å². The van der Waals surface area contributed by atoms with Gasteiger partial charge in [-0.2, -0.15) is 0 Å². The van der Waals surface area contributed by atoms with Crippen LogP contribution in [0.15, 0.2) is 35.7 Å². The molecule has 0 radical (unpaired) electrons. The number of methoxy groups -OCH3 is 3. The van der Waals surface area contributed by atoms with E-state index in [0.717, 1.165) is 29.7 Å². The van der Waals surface area contributed by atoms with Crippen molar-refractivity contribution in [3.05, 3.63) is 46.2 Å². The van der Waals surface area contributed by atoms with Crippen molar-refractivity contribution >= 4 is 23.2 Å². The van der Waals surface area contributed by atoms with Crippen LogP contribution in [0.4, 0.5) is 0 Å². The molecule has 0 unspecified atom stereocenters. The molecular formula is C28H42N2O5S. The zero-order valence-electron chi connectivity index (χ0n) is 22.3. The lowest BCUT2D eigenvalue weighted by Crippen LogP contribution is -2.44. The molecule has 1 aromatic heterocycles. The number of unbranched alkanes of at least 4 members (excludes halogenated alkanes) is 4. The summed E-state index contributed by atoms with van der Waals surface area (Å²) >= 11 is 1.63. The van der Waals surface area contributed by atoms with E-state index in [1.54, 1.807) is 37.6 Å². The summed E-state index contributed by atoms with van der Waals surface area (Å²) in [4.78, 5) is 31.0. The van der Waals surface area contributed by atoms with E-state index in [0.29, 0.717) is 50.6 Å². The maximum Gasteiger partial charge on any atom is 0.242 e. The molecule has 8 heteroatoms. The number of benzene rings is 1. The molecule has 36 heavy (non-hydrogen) atoms. The van der Waals surface area contributed by atoms with Crippen LogP contribution in [0.3, 0.4) is 0 Å². The molecule has 200 valence electrons. The summed E-state index contributed by atoms with van der Waals surface area (Å²) < 4.78 is 16.0. The third-order valence-corrected chi connectivity index (χ3v) is 7.00. The van der Waals surface area contributed by atoms with Crippen molar-refractivity contribution in [2.24, 2.45) is 0 Å². The highest BCUT2D eigenvalue weighted by Gasteiger charge is 2.22. The summed E-state index contributed by atoms with van der Waals surface area (Å²) in [7, 11) is 4.84. The van der Waals surface area contributed by atoms with Gasteiger partial charge in [-0.3, -0.25) is 9.59 Å². The van der Waals surface area contributed by atoms with Crippen LogP contribution in [0.1, 0.15) is 55.9 Å². The molecule has 0 saturated carbocycles. The van der Waals surface area contributed by atoms with E-state index in [2.05, 4.69) is 6.92 Å². The second kappa shape index (κ2) is 17.0. The molecule has 0 fully saturated rings. The highest BCUT2D eigenvalue weighted by Crippen LogP contribution is 2.28. The van der Waals surface area contributed by atoms with E-state index < -0.39 is 0 Å². The van der Waals surface area contributed by atoms with Gasteiger partial charge in [-0.1, -0.05) is 44.7 Å². The lowest BCUT2D eigenvalue weighted by Gasteiger charge is -2.27. The first kappa shape index (κ1) is 29.6. The van der Waals surface area contributed by atoms with Crippen molar-refractivity contribution in [1.29, 1.82) is 0 Å². The lowest BCUT2D eigenvalue weighted by molar-refractivity contribution is -0.141. The van der Waals surface area contributed by atoms with Crippen LogP contribution in [-0.4, -0.2) is 69.2 Å². The number of carbonyl (C=O) groups is 2. The fourth-order valence-electron chi connectivity index (χ4n) is 3.98. The van der Waals surface area contributed by atoms with Crippen molar-refractivity contribution in [3.8, 4) is 11.5 Å². The molecule has 2 rings (SSSR count). The fourth-order valence-corrected chi connectivity index (χ4v) is 4.70. The number of hydrogen-bond acceptors (Lipinski definition) is 6. The molecule has 0 atom stereocenters. The Labute approximate surface area is 220 Å². The number of rotatable bonds is 18. The van der Waals surface area contributed by atoms with Gasteiger partial charge in [0.05, 0.1) is 33.9 Å². The summed E-state index contributed by atoms with van der Waals surface area (Å²) in [5, 5.41) is 2.01. The van der Waals surface area contributed by atoms with E-state index in [1.807, 2.05) is 40.6 Å². The SMILES string of the molecule is CCCCCCCC(=O)N(CCOC)CC(=O)N(CCc1ccc(OC)c(OC)c1)Cc1cccs1. The number of hydrogen-bond donors (Lipinski definition) is 0. The first-order valence-electron chi connectivity index (χ1n) is 12.8. The highest BCUT2D eigenvalue weighted by molar-refractivity contribution is 7.09. The Morgan fingerprint density at radius 3 is 2.33 bits per heavy atom. The first-order chi connectivity index (χ1) is 17.5. The molecule has 0 spiro atoms. The molecule has 0 aliphatic heterocycles. The molecular weight excluding hydrogens is 476 g/mol. The normalized spacial score (nSPS) is 10.8. The molecule has 0 N–H and O–H groups in total. The third kappa shape index (κ3) is 10.2. The monoisotopic (exact) mass is 518 g/mol. The zero-order valence-corrected chi connectivity index (χ0v) is 23.1. The lowest BCUT2D eigenvalue weighted by atomic mass is 10.1. The van der Waals surface area contributed by atoms with Crippen LogP contribution in [0.25, 0.3) is 0 Å². The number of thiophene rings is 1. The van der Waals surface area contributed by atoms with Crippen LogP contribution in [0.2, 0.25) is 0 Å². The van der Waals surface area contributed by atoms with Gasteiger partial charge < -0.3 is 24.0 Å². The van der Waals surface area contributed by atoms with Gasteiger partial charge in [0.15, 0.2) is 11.5 Å². The van der Waals surface area contributed by atoms with Gasteiger partial charge in [0, 0.05) is 31.5 Å². The van der Waals surface area contributed by atoms with E-state index >= 15 is 0 Å². The maximum atomic E-state index is 13.5. The molecule has 2 amide bonds. The van der Waals surface area contributed by atoms with Gasteiger partial charge in [0.25, 0.3) is 0 Å². The second-order valence-corrected chi connectivity index (χ2v) is 9.84. The van der Waals surface area contributed by atoms with Gasteiger partial charge in [-0.05, 0) is 42.0 Å². The van der Waals surface area contributed by atoms with Crippen LogP contribution in [0.5, 0.6) is 11.5 Å². The second-order valence-electron chi connectivity index (χ2n) is 8.81. The molecule has 1 aromatic carbocycles. The molecule has 1 heterocycles. The van der Waals surface area contributed by atoms with Gasteiger partial charge in [-0.15, -0.1) is 11.3 Å². The molecule has 0 saturated heterocycles. The highest BCUT2D eigenvalue weighted by atomic mass is 32.1. The maximum absolute atomic E-state index is 13.5. The Morgan fingerprint density at radius 2 is 1.67 bits per heavy atom. The van der Waals surface area contributed by atoms with E-state index in [9.17, 15) is 9.59 Å². The summed E-state index contributed by atoms with van der Waals surface area (Å²) in [5.41, 5.74) is 1.05. The summed E-state index contributed by atoms with van der Waals surface area (Å²) in [6.45, 7) is 4.12. The van der Waals surface area contributed by atoms with Crippen LogP contribution >= 0.6 is 11.3 Å². The fraction of sp³-hybridized carbons (Fsp3) is 0.571. The van der Waals surface area contributed by atoms with Crippen molar-refractivity contribution in [2.75, 3.05) is 47.6 Å². The summed E-state index contributed by atoms with van der Waals surface area (Å²) in [5.74, 6) is 1.31. The molecule has 7 nitrogen and oxygen atoms in total. The summed E-state index contributed by atoms with van der Waals surface area (Å²) in [6.07, 6.45) is 6.55. The van der Waals surface area contributed by atoms with Gasteiger partial charge in [0.2, 0.25) is 11.8 Å². The smallest absolute Gasteiger partial charge is 0.242 e. The van der Waals surface area contributed by atoms with E-state index in [-0.39, 0.29) is 18.4 Å². The Bertz CT molecular complexity index is 903. The van der Waals surface area contributed by atoms with Crippen LogP contribution < -0.4 is 9.47 Å². The minimum Gasteiger partial charge on any atom is -0.493 e.